The first-order chi connectivity index (χ1) is 22.8. The Morgan fingerprint density at radius 3 is 1.72 bits per heavy atom. The number of furan rings is 1. The zero-order valence-electron chi connectivity index (χ0n) is 24.8. The van der Waals surface area contributed by atoms with E-state index < -0.39 is 0 Å². The lowest BCUT2D eigenvalue weighted by Crippen LogP contribution is -1.91. The van der Waals surface area contributed by atoms with Crippen LogP contribution < -0.4 is 0 Å². The van der Waals surface area contributed by atoms with Crippen LogP contribution >= 0.6 is 11.3 Å². The van der Waals surface area contributed by atoms with E-state index in [-0.39, 0.29) is 0 Å². The fourth-order valence-corrected chi connectivity index (χ4v) is 8.56. The summed E-state index contributed by atoms with van der Waals surface area (Å²) in [6.45, 7) is 0. The van der Waals surface area contributed by atoms with E-state index in [2.05, 4.69) is 158 Å². The van der Waals surface area contributed by atoms with Crippen molar-refractivity contribution >= 4 is 74.8 Å². The third kappa shape index (κ3) is 3.68. The number of benzene rings is 8. The summed E-state index contributed by atoms with van der Waals surface area (Å²) in [7, 11) is 0. The predicted octanol–water partition coefficient (Wildman–Crippen LogP) is 13.3. The van der Waals surface area contributed by atoms with Crippen molar-refractivity contribution in [1.82, 2.24) is 0 Å². The molecule has 0 aliphatic carbocycles. The third-order valence-corrected chi connectivity index (χ3v) is 10.6. The molecule has 1 nitrogen and oxygen atoms in total. The molecular formula is C44H26OS. The Morgan fingerprint density at radius 2 is 0.978 bits per heavy atom. The summed E-state index contributed by atoms with van der Waals surface area (Å²) < 4.78 is 9.77. The second-order valence-corrected chi connectivity index (χ2v) is 13.1. The van der Waals surface area contributed by atoms with Crippen LogP contribution in [0.3, 0.4) is 0 Å². The molecule has 2 heterocycles. The van der Waals surface area contributed by atoms with Crippen molar-refractivity contribution in [2.24, 2.45) is 0 Å². The van der Waals surface area contributed by atoms with E-state index in [4.69, 9.17) is 4.42 Å². The van der Waals surface area contributed by atoms with E-state index in [1.165, 1.54) is 63.6 Å². The molecule has 46 heavy (non-hydrogen) atoms. The summed E-state index contributed by atoms with van der Waals surface area (Å²) in [5.74, 6) is 0.918. The summed E-state index contributed by atoms with van der Waals surface area (Å²) in [5, 5.41) is 10.9. The maximum Gasteiger partial charge on any atom is 0.144 e. The molecular weight excluding hydrogens is 577 g/mol. The van der Waals surface area contributed by atoms with Gasteiger partial charge in [0.05, 0.1) is 0 Å². The average molecular weight is 603 g/mol. The van der Waals surface area contributed by atoms with Crippen molar-refractivity contribution in [2.75, 3.05) is 0 Å². The quantitative estimate of drug-likeness (QED) is 0.183. The normalized spacial score (nSPS) is 11.9. The molecule has 0 atom stereocenters. The summed E-state index contributed by atoms with van der Waals surface area (Å²) in [6.07, 6.45) is 0. The highest BCUT2D eigenvalue weighted by atomic mass is 32.1. The molecule has 10 rings (SSSR count). The van der Waals surface area contributed by atoms with E-state index in [1.54, 1.807) is 0 Å². The molecule has 10 aromatic rings. The van der Waals surface area contributed by atoms with Gasteiger partial charge in [-0.1, -0.05) is 133 Å². The van der Waals surface area contributed by atoms with Crippen LogP contribution in [0.5, 0.6) is 0 Å². The van der Waals surface area contributed by atoms with Crippen LogP contribution in [0.25, 0.3) is 97.0 Å². The first-order valence-electron chi connectivity index (χ1n) is 15.7. The number of thiophene rings is 1. The molecule has 2 heteroatoms. The molecule has 0 bridgehead atoms. The van der Waals surface area contributed by atoms with Gasteiger partial charge >= 0.3 is 0 Å². The van der Waals surface area contributed by atoms with Crippen LogP contribution in [-0.4, -0.2) is 0 Å². The van der Waals surface area contributed by atoms with Crippen molar-refractivity contribution in [3.05, 3.63) is 158 Å². The summed E-state index contributed by atoms with van der Waals surface area (Å²) in [4.78, 5) is 0. The van der Waals surface area contributed by atoms with Crippen LogP contribution in [0.15, 0.2) is 162 Å². The van der Waals surface area contributed by atoms with Crippen molar-refractivity contribution < 1.29 is 4.42 Å². The van der Waals surface area contributed by atoms with Crippen molar-refractivity contribution in [3.8, 4) is 33.6 Å². The van der Waals surface area contributed by atoms with Crippen LogP contribution in [0.2, 0.25) is 0 Å². The van der Waals surface area contributed by atoms with Crippen LogP contribution in [0.4, 0.5) is 0 Å². The zero-order valence-corrected chi connectivity index (χ0v) is 25.6. The molecule has 0 N–H and O–H groups in total. The van der Waals surface area contributed by atoms with Crippen LogP contribution in [0.1, 0.15) is 0 Å². The first-order valence-corrected chi connectivity index (χ1v) is 16.5. The molecule has 214 valence electrons. The highest BCUT2D eigenvalue weighted by molar-refractivity contribution is 7.26. The van der Waals surface area contributed by atoms with Gasteiger partial charge < -0.3 is 4.42 Å². The standard InChI is InChI=1S/C44H26OS/c1-2-13-28(14-3-1)40-36-24-25-38-42(35-20-10-11-21-37(35)46-38)43(36)45-44(40)41-33-18-8-6-16-31(33)39(32-17-7-9-19-34(32)41)30-23-22-27-12-4-5-15-29(27)26-30/h1-26H. The molecule has 0 unspecified atom stereocenters. The SMILES string of the molecule is c1ccc(-c2c(-c3c4ccccc4c(-c4ccc5ccccc5c4)c4ccccc34)oc3c2ccc2sc4ccccc4c23)cc1. The Balaban J connectivity index is 1.38. The minimum atomic E-state index is 0.918. The maximum absolute atomic E-state index is 7.25. The van der Waals surface area contributed by atoms with Gasteiger partial charge in [0.25, 0.3) is 0 Å². The lowest BCUT2D eigenvalue weighted by molar-refractivity contribution is 0.637. The van der Waals surface area contributed by atoms with Gasteiger partial charge in [0.2, 0.25) is 0 Å². The van der Waals surface area contributed by atoms with Gasteiger partial charge in [0.15, 0.2) is 0 Å². The average Bonchev–Trinajstić information content (AvgIpc) is 3.69. The monoisotopic (exact) mass is 602 g/mol. The van der Waals surface area contributed by atoms with E-state index in [0.29, 0.717) is 0 Å². The molecule has 0 saturated carbocycles. The Hall–Kier alpha value is -5.70. The molecule has 2 aromatic heterocycles. The van der Waals surface area contributed by atoms with Gasteiger partial charge in [-0.3, -0.25) is 0 Å². The lowest BCUT2D eigenvalue weighted by Gasteiger charge is -2.17. The lowest BCUT2D eigenvalue weighted by atomic mass is 9.85. The van der Waals surface area contributed by atoms with Crippen molar-refractivity contribution in [2.45, 2.75) is 0 Å². The number of rotatable bonds is 3. The third-order valence-electron chi connectivity index (χ3n) is 9.46. The fraction of sp³-hybridized carbons (Fsp3) is 0. The minimum Gasteiger partial charge on any atom is -0.455 e. The van der Waals surface area contributed by atoms with Crippen LogP contribution in [0, 0.1) is 0 Å². The second-order valence-electron chi connectivity index (χ2n) is 12.0. The van der Waals surface area contributed by atoms with E-state index >= 15 is 0 Å². The maximum atomic E-state index is 7.25. The largest absolute Gasteiger partial charge is 0.455 e. The van der Waals surface area contributed by atoms with E-state index in [0.717, 1.165) is 33.4 Å². The van der Waals surface area contributed by atoms with E-state index in [9.17, 15) is 0 Å². The highest BCUT2D eigenvalue weighted by Gasteiger charge is 2.25. The molecule has 0 aliphatic rings. The van der Waals surface area contributed by atoms with Gasteiger partial charge in [-0.05, 0) is 73.3 Å². The summed E-state index contributed by atoms with van der Waals surface area (Å²) in [6, 6.07) is 57.1. The van der Waals surface area contributed by atoms with Crippen molar-refractivity contribution in [3.63, 3.8) is 0 Å². The second kappa shape index (κ2) is 9.90. The van der Waals surface area contributed by atoms with Gasteiger partial charge in [0, 0.05) is 36.7 Å². The van der Waals surface area contributed by atoms with Crippen LogP contribution in [-0.2, 0) is 0 Å². The van der Waals surface area contributed by atoms with Gasteiger partial charge in [-0.2, -0.15) is 0 Å². The van der Waals surface area contributed by atoms with E-state index in [1.807, 2.05) is 11.3 Å². The minimum absolute atomic E-state index is 0.918. The number of hydrogen-bond acceptors (Lipinski definition) is 2. The molecule has 0 saturated heterocycles. The zero-order chi connectivity index (χ0) is 30.2. The summed E-state index contributed by atoms with van der Waals surface area (Å²) >= 11 is 1.83. The first kappa shape index (κ1) is 25.6. The molecule has 0 radical (unpaired) electrons. The number of fused-ring (bicyclic) bond motifs is 8. The van der Waals surface area contributed by atoms with Gasteiger partial charge in [0.1, 0.15) is 11.3 Å². The molecule has 0 fully saturated rings. The summed E-state index contributed by atoms with van der Waals surface area (Å²) in [5.41, 5.74) is 6.86. The molecule has 0 aliphatic heterocycles. The Bertz CT molecular complexity index is 2740. The van der Waals surface area contributed by atoms with Crippen molar-refractivity contribution in [1.29, 1.82) is 0 Å². The topological polar surface area (TPSA) is 13.1 Å². The van der Waals surface area contributed by atoms with Gasteiger partial charge in [-0.25, -0.2) is 0 Å². The van der Waals surface area contributed by atoms with Gasteiger partial charge in [-0.15, -0.1) is 11.3 Å². The Kier molecular flexibility index (Phi) is 5.51. The number of hydrogen-bond donors (Lipinski definition) is 0. The Labute approximate surface area is 269 Å². The Morgan fingerprint density at radius 1 is 0.370 bits per heavy atom. The highest BCUT2D eigenvalue weighted by Crippen LogP contribution is 2.51. The predicted molar refractivity (Wildman–Crippen MR) is 198 cm³/mol. The smallest absolute Gasteiger partial charge is 0.144 e. The molecule has 0 spiro atoms. The molecule has 8 aromatic carbocycles. The molecule has 0 amide bonds. The fourth-order valence-electron chi connectivity index (χ4n) is 7.46.